The van der Waals surface area contributed by atoms with Crippen molar-refractivity contribution in [3.8, 4) is 0 Å². The zero-order valence-electron chi connectivity index (χ0n) is 4.73. The van der Waals surface area contributed by atoms with Crippen LogP contribution < -0.4 is 0 Å². The molecule has 1 heterocycles. The Hall–Kier alpha value is -0.320. The minimum absolute atomic E-state index is 0.153. The van der Waals surface area contributed by atoms with Gasteiger partial charge in [-0.1, -0.05) is 22.6 Å². The van der Waals surface area contributed by atoms with E-state index >= 15 is 0 Å². The lowest BCUT2D eigenvalue weighted by Gasteiger charge is -1.86. The van der Waals surface area contributed by atoms with Gasteiger partial charge in [0.05, 0.1) is 10.1 Å². The van der Waals surface area contributed by atoms with Gasteiger partial charge in [-0.3, -0.25) is 4.79 Å². The van der Waals surface area contributed by atoms with Gasteiger partial charge in [-0.05, 0) is 12.1 Å². The SMILES string of the molecule is O=C(CI)c1ccc[nH]1. The van der Waals surface area contributed by atoms with Crippen LogP contribution in [0.3, 0.4) is 0 Å². The minimum Gasteiger partial charge on any atom is -0.359 e. The number of hydrogen-bond acceptors (Lipinski definition) is 1. The van der Waals surface area contributed by atoms with Crippen LogP contribution in [0.15, 0.2) is 18.3 Å². The van der Waals surface area contributed by atoms with E-state index < -0.39 is 0 Å². The number of hydrogen-bond donors (Lipinski definition) is 1. The highest BCUT2D eigenvalue weighted by Gasteiger charge is 2.01. The molecule has 3 heteroatoms. The third kappa shape index (κ3) is 1.54. The predicted molar refractivity (Wildman–Crippen MR) is 44.0 cm³/mol. The molecule has 0 spiro atoms. The molecule has 1 rings (SSSR count). The molecule has 0 aromatic carbocycles. The lowest BCUT2D eigenvalue weighted by molar-refractivity contribution is 0.102. The van der Waals surface area contributed by atoms with Crippen molar-refractivity contribution in [2.75, 3.05) is 4.43 Å². The third-order valence-electron chi connectivity index (χ3n) is 1.02. The number of carbonyl (C=O) groups is 1. The lowest BCUT2D eigenvalue weighted by Crippen LogP contribution is -1.98. The standard InChI is InChI=1S/C6H6INO/c7-4-6(9)5-2-1-3-8-5/h1-3,8H,4H2. The second-order valence-corrected chi connectivity index (χ2v) is 2.40. The Morgan fingerprint density at radius 1 is 1.78 bits per heavy atom. The fourth-order valence-electron chi connectivity index (χ4n) is 0.576. The van der Waals surface area contributed by atoms with Crippen LogP contribution in [0.2, 0.25) is 0 Å². The Kier molecular flexibility index (Phi) is 2.27. The molecule has 0 aliphatic heterocycles. The molecule has 0 amide bonds. The van der Waals surface area contributed by atoms with Crippen LogP contribution >= 0.6 is 22.6 Å². The van der Waals surface area contributed by atoms with Crippen LogP contribution in [0.5, 0.6) is 0 Å². The van der Waals surface area contributed by atoms with Crippen LogP contribution in [0, 0.1) is 0 Å². The third-order valence-corrected chi connectivity index (χ3v) is 1.71. The first-order chi connectivity index (χ1) is 4.34. The summed E-state index contributed by atoms with van der Waals surface area (Å²) in [7, 11) is 0. The smallest absolute Gasteiger partial charge is 0.188 e. The topological polar surface area (TPSA) is 32.9 Å². The Bertz CT molecular complexity index is 193. The molecule has 1 aromatic rings. The van der Waals surface area contributed by atoms with Crippen molar-refractivity contribution in [2.24, 2.45) is 0 Å². The van der Waals surface area contributed by atoms with Crippen molar-refractivity contribution in [3.63, 3.8) is 0 Å². The summed E-state index contributed by atoms with van der Waals surface area (Å²) in [5.41, 5.74) is 0.699. The van der Waals surface area contributed by atoms with Crippen LogP contribution in [0.25, 0.3) is 0 Å². The van der Waals surface area contributed by atoms with Crippen molar-refractivity contribution in [2.45, 2.75) is 0 Å². The molecular weight excluding hydrogens is 229 g/mol. The van der Waals surface area contributed by atoms with Gasteiger partial charge in [-0.25, -0.2) is 0 Å². The number of rotatable bonds is 2. The van der Waals surface area contributed by atoms with E-state index in [9.17, 15) is 4.79 Å². The molecule has 9 heavy (non-hydrogen) atoms. The maximum atomic E-state index is 10.8. The predicted octanol–water partition coefficient (Wildman–Crippen LogP) is 1.63. The number of alkyl halides is 1. The highest BCUT2D eigenvalue weighted by molar-refractivity contribution is 14.1. The normalized spacial score (nSPS) is 9.44. The Morgan fingerprint density at radius 2 is 2.56 bits per heavy atom. The summed E-state index contributed by atoms with van der Waals surface area (Å²) in [5.74, 6) is 0.153. The van der Waals surface area contributed by atoms with Crippen LogP contribution in [-0.2, 0) is 0 Å². The van der Waals surface area contributed by atoms with Crippen molar-refractivity contribution in [1.82, 2.24) is 4.98 Å². The number of aromatic amines is 1. The van der Waals surface area contributed by atoms with E-state index in [2.05, 4.69) is 4.98 Å². The van der Waals surface area contributed by atoms with Crippen molar-refractivity contribution in [1.29, 1.82) is 0 Å². The Labute approximate surface area is 66.8 Å². The zero-order valence-corrected chi connectivity index (χ0v) is 6.88. The number of H-pyrrole nitrogens is 1. The molecule has 0 fully saturated rings. The van der Waals surface area contributed by atoms with Gasteiger partial charge in [-0.15, -0.1) is 0 Å². The first-order valence-corrected chi connectivity index (χ1v) is 4.09. The number of halogens is 1. The van der Waals surface area contributed by atoms with E-state index in [0.29, 0.717) is 10.1 Å². The van der Waals surface area contributed by atoms with Crippen molar-refractivity contribution < 1.29 is 4.79 Å². The van der Waals surface area contributed by atoms with Gasteiger partial charge in [0.1, 0.15) is 0 Å². The van der Waals surface area contributed by atoms with Gasteiger partial charge in [0.2, 0.25) is 0 Å². The second kappa shape index (κ2) is 3.00. The quantitative estimate of drug-likeness (QED) is 0.471. The van der Waals surface area contributed by atoms with Gasteiger partial charge < -0.3 is 4.98 Å². The minimum atomic E-state index is 0.153. The maximum Gasteiger partial charge on any atom is 0.188 e. The molecule has 1 aromatic heterocycles. The van der Waals surface area contributed by atoms with Crippen molar-refractivity contribution in [3.05, 3.63) is 24.0 Å². The maximum absolute atomic E-state index is 10.8. The van der Waals surface area contributed by atoms with E-state index in [4.69, 9.17) is 0 Å². The molecule has 0 radical (unpaired) electrons. The van der Waals surface area contributed by atoms with Gasteiger partial charge in [0, 0.05) is 6.20 Å². The van der Waals surface area contributed by atoms with Gasteiger partial charge >= 0.3 is 0 Å². The molecule has 0 aliphatic rings. The number of ketones is 1. The summed E-state index contributed by atoms with van der Waals surface area (Å²) in [6, 6.07) is 3.60. The van der Waals surface area contributed by atoms with Crippen LogP contribution in [0.4, 0.5) is 0 Å². The molecule has 0 aliphatic carbocycles. The molecule has 0 unspecified atom stereocenters. The summed E-state index contributed by atoms with van der Waals surface area (Å²) in [5, 5.41) is 0. The fraction of sp³-hybridized carbons (Fsp3) is 0.167. The summed E-state index contributed by atoms with van der Waals surface area (Å²) >= 11 is 2.04. The zero-order chi connectivity index (χ0) is 6.69. The molecule has 2 nitrogen and oxygen atoms in total. The average molecular weight is 235 g/mol. The summed E-state index contributed by atoms with van der Waals surface area (Å²) in [6.45, 7) is 0. The second-order valence-electron chi connectivity index (χ2n) is 1.64. The lowest BCUT2D eigenvalue weighted by atomic mass is 10.3. The van der Waals surface area contributed by atoms with Crippen molar-refractivity contribution >= 4 is 28.4 Å². The van der Waals surface area contributed by atoms with E-state index in [0.717, 1.165) is 0 Å². The van der Waals surface area contributed by atoms with Crippen LogP contribution in [0.1, 0.15) is 10.5 Å². The number of nitrogens with one attached hydrogen (secondary N) is 1. The van der Waals surface area contributed by atoms with E-state index in [1.54, 1.807) is 12.3 Å². The van der Waals surface area contributed by atoms with Gasteiger partial charge in [0.15, 0.2) is 5.78 Å². The molecule has 0 bridgehead atoms. The Morgan fingerprint density at radius 3 is 3.00 bits per heavy atom. The summed E-state index contributed by atoms with van der Waals surface area (Å²) < 4.78 is 0.540. The van der Waals surface area contributed by atoms with Gasteiger partial charge in [0.25, 0.3) is 0 Å². The summed E-state index contributed by atoms with van der Waals surface area (Å²) in [4.78, 5) is 13.7. The molecule has 48 valence electrons. The molecule has 1 N–H and O–H groups in total. The largest absolute Gasteiger partial charge is 0.359 e. The van der Waals surface area contributed by atoms with E-state index in [1.807, 2.05) is 28.7 Å². The first-order valence-electron chi connectivity index (χ1n) is 2.57. The van der Waals surface area contributed by atoms with E-state index in [-0.39, 0.29) is 5.78 Å². The van der Waals surface area contributed by atoms with Crippen LogP contribution in [-0.4, -0.2) is 15.2 Å². The number of carbonyl (C=O) groups excluding carboxylic acids is 1. The summed E-state index contributed by atoms with van der Waals surface area (Å²) in [6.07, 6.45) is 1.75. The monoisotopic (exact) mass is 235 g/mol. The molecule has 0 saturated heterocycles. The highest BCUT2D eigenvalue weighted by Crippen LogP contribution is 1.98. The first kappa shape index (κ1) is 6.80. The number of Topliss-reactive ketones (excluding diaryl/α,β-unsaturated/α-hetero) is 1. The fourth-order valence-corrected chi connectivity index (χ4v) is 0.987. The highest BCUT2D eigenvalue weighted by atomic mass is 127. The van der Waals surface area contributed by atoms with E-state index in [1.165, 1.54) is 0 Å². The molecule has 0 atom stereocenters. The van der Waals surface area contributed by atoms with Gasteiger partial charge in [-0.2, -0.15) is 0 Å². The molecular formula is C6H6INO. The Balaban J connectivity index is 2.77. The average Bonchev–Trinajstić information content (AvgIpc) is 2.37. The molecule has 0 saturated carbocycles. The number of aromatic nitrogens is 1.